The van der Waals surface area contributed by atoms with E-state index in [1.165, 1.54) is 5.56 Å². The summed E-state index contributed by atoms with van der Waals surface area (Å²) in [4.78, 5) is 19.0. The van der Waals surface area contributed by atoms with E-state index in [2.05, 4.69) is 27.3 Å². The van der Waals surface area contributed by atoms with Crippen LogP contribution >= 0.6 is 0 Å². The summed E-state index contributed by atoms with van der Waals surface area (Å²) in [7, 11) is 1.91. The Bertz CT molecular complexity index is 897. The highest BCUT2D eigenvalue weighted by Crippen LogP contribution is 2.27. The summed E-state index contributed by atoms with van der Waals surface area (Å²) in [5.74, 6) is 2.26. The van der Waals surface area contributed by atoms with Gasteiger partial charge in [-0.1, -0.05) is 30.3 Å². The summed E-state index contributed by atoms with van der Waals surface area (Å²) in [5, 5.41) is 8.60. The molecule has 4 rings (SSSR count). The molecule has 0 radical (unpaired) electrons. The third-order valence-electron chi connectivity index (χ3n) is 4.69. The maximum atomic E-state index is 12.8. The monoisotopic (exact) mass is 336 g/mol. The normalized spacial score (nSPS) is 17.0. The predicted octanol–water partition coefficient (Wildman–Crippen LogP) is 1.82. The van der Waals surface area contributed by atoms with Crippen LogP contribution in [0.1, 0.15) is 24.4 Å². The van der Waals surface area contributed by atoms with Crippen molar-refractivity contribution in [1.29, 1.82) is 0 Å². The van der Waals surface area contributed by atoms with Crippen molar-refractivity contribution in [2.45, 2.75) is 25.9 Å². The first-order valence-electron chi connectivity index (χ1n) is 8.39. The van der Waals surface area contributed by atoms with Crippen LogP contribution in [0.15, 0.2) is 42.7 Å². The van der Waals surface area contributed by atoms with Crippen LogP contribution in [0.2, 0.25) is 0 Å². The topological polar surface area (TPSA) is 68.8 Å². The Morgan fingerprint density at radius 1 is 1.16 bits per heavy atom. The Balaban J connectivity index is 1.58. The van der Waals surface area contributed by atoms with Gasteiger partial charge in [0.2, 0.25) is 11.7 Å². The van der Waals surface area contributed by atoms with Crippen LogP contribution < -0.4 is 0 Å². The third kappa shape index (κ3) is 2.71. The Morgan fingerprint density at radius 2 is 1.96 bits per heavy atom. The van der Waals surface area contributed by atoms with E-state index in [1.807, 2.05) is 52.4 Å². The number of benzene rings is 1. The lowest BCUT2D eigenvalue weighted by Gasteiger charge is -2.32. The number of hydrogen-bond donors (Lipinski definition) is 0. The second kappa shape index (κ2) is 6.16. The van der Waals surface area contributed by atoms with Gasteiger partial charge in [0.05, 0.1) is 6.54 Å². The molecule has 0 spiro atoms. The summed E-state index contributed by atoms with van der Waals surface area (Å²) < 4.78 is 3.79. The third-order valence-corrected chi connectivity index (χ3v) is 4.69. The van der Waals surface area contributed by atoms with Gasteiger partial charge in [-0.25, -0.2) is 4.98 Å². The number of aryl methyl sites for hydroxylation is 1. The van der Waals surface area contributed by atoms with Crippen molar-refractivity contribution in [3.05, 3.63) is 54.1 Å². The Hall–Kier alpha value is -2.96. The lowest BCUT2D eigenvalue weighted by Crippen LogP contribution is -2.42. The molecule has 128 valence electrons. The molecule has 0 saturated heterocycles. The Morgan fingerprint density at radius 3 is 2.68 bits per heavy atom. The van der Waals surface area contributed by atoms with Crippen molar-refractivity contribution in [3.63, 3.8) is 0 Å². The molecular weight excluding hydrogens is 316 g/mol. The van der Waals surface area contributed by atoms with Crippen molar-refractivity contribution in [2.24, 2.45) is 7.05 Å². The fraction of sp³-hybridized carbons (Fsp3) is 0.333. The molecule has 2 aromatic heterocycles. The van der Waals surface area contributed by atoms with Crippen molar-refractivity contribution in [2.75, 3.05) is 6.54 Å². The number of carbonyl (C=O) groups is 1. The molecule has 25 heavy (non-hydrogen) atoms. The maximum Gasteiger partial charge on any atom is 0.245 e. The minimum Gasteiger partial charge on any atom is -0.333 e. The van der Waals surface area contributed by atoms with Crippen LogP contribution in [-0.4, -0.2) is 41.7 Å². The maximum absolute atomic E-state index is 12.8. The van der Waals surface area contributed by atoms with E-state index in [9.17, 15) is 4.79 Å². The summed E-state index contributed by atoms with van der Waals surface area (Å²) in [6.45, 7) is 3.06. The molecule has 0 bridgehead atoms. The van der Waals surface area contributed by atoms with Gasteiger partial charge in [0.15, 0.2) is 11.6 Å². The van der Waals surface area contributed by atoms with Gasteiger partial charge < -0.3 is 9.47 Å². The largest absolute Gasteiger partial charge is 0.333 e. The summed E-state index contributed by atoms with van der Waals surface area (Å²) in [6, 6.07) is 9.87. The molecule has 7 nitrogen and oxygen atoms in total. The van der Waals surface area contributed by atoms with Crippen LogP contribution in [0.4, 0.5) is 0 Å². The molecule has 1 aliphatic heterocycles. The van der Waals surface area contributed by atoms with E-state index >= 15 is 0 Å². The smallest absolute Gasteiger partial charge is 0.245 e. The average molecular weight is 336 g/mol. The first-order chi connectivity index (χ1) is 12.1. The quantitative estimate of drug-likeness (QED) is 0.729. The highest BCUT2D eigenvalue weighted by molar-refractivity contribution is 5.81. The summed E-state index contributed by atoms with van der Waals surface area (Å²) >= 11 is 0. The minimum atomic E-state index is -0.332. The van der Waals surface area contributed by atoms with Gasteiger partial charge in [-0.05, 0) is 18.9 Å². The van der Waals surface area contributed by atoms with Crippen molar-refractivity contribution in [3.8, 4) is 11.6 Å². The van der Waals surface area contributed by atoms with E-state index < -0.39 is 0 Å². The molecule has 1 amide bonds. The van der Waals surface area contributed by atoms with Crippen LogP contribution in [0, 0.1) is 0 Å². The fourth-order valence-corrected chi connectivity index (χ4v) is 3.29. The van der Waals surface area contributed by atoms with E-state index in [-0.39, 0.29) is 11.9 Å². The lowest BCUT2D eigenvalue weighted by molar-refractivity contribution is -0.136. The Labute approximate surface area is 145 Å². The molecule has 3 heterocycles. The molecule has 1 aromatic carbocycles. The summed E-state index contributed by atoms with van der Waals surface area (Å²) in [5.41, 5.74) is 1.23. The van der Waals surface area contributed by atoms with Crippen LogP contribution in [0.25, 0.3) is 11.6 Å². The minimum absolute atomic E-state index is 0.0960. The van der Waals surface area contributed by atoms with Crippen molar-refractivity contribution < 1.29 is 4.79 Å². The second-order valence-corrected chi connectivity index (χ2v) is 6.34. The number of rotatable bonds is 4. The van der Waals surface area contributed by atoms with Crippen LogP contribution in [0.3, 0.4) is 0 Å². The SMILES string of the molecule is C[C@H]1C(=O)N(CCc2ccccc2)Cc2nnc(-c3nccn3C)n21. The molecule has 0 saturated carbocycles. The second-order valence-electron chi connectivity index (χ2n) is 6.34. The highest BCUT2D eigenvalue weighted by atomic mass is 16.2. The Kier molecular flexibility index (Phi) is 3.83. The number of fused-ring (bicyclic) bond motifs is 1. The van der Waals surface area contributed by atoms with E-state index in [0.29, 0.717) is 18.9 Å². The zero-order chi connectivity index (χ0) is 17.4. The number of aromatic nitrogens is 5. The molecule has 0 fully saturated rings. The van der Waals surface area contributed by atoms with E-state index in [4.69, 9.17) is 0 Å². The average Bonchev–Trinajstić information content (AvgIpc) is 3.23. The van der Waals surface area contributed by atoms with Gasteiger partial charge in [0.1, 0.15) is 6.04 Å². The van der Waals surface area contributed by atoms with Gasteiger partial charge >= 0.3 is 0 Å². The lowest BCUT2D eigenvalue weighted by atomic mass is 10.1. The molecule has 1 aliphatic rings. The summed E-state index contributed by atoms with van der Waals surface area (Å²) in [6.07, 6.45) is 4.41. The molecule has 1 atom stereocenters. The molecular formula is C18H20N6O. The first-order valence-corrected chi connectivity index (χ1v) is 8.39. The van der Waals surface area contributed by atoms with Crippen LogP contribution in [0.5, 0.6) is 0 Å². The fourth-order valence-electron chi connectivity index (χ4n) is 3.29. The number of imidazole rings is 1. The molecule has 0 N–H and O–H groups in total. The zero-order valence-electron chi connectivity index (χ0n) is 14.3. The first kappa shape index (κ1) is 15.6. The van der Waals surface area contributed by atoms with E-state index in [1.54, 1.807) is 6.20 Å². The molecule has 7 heteroatoms. The van der Waals surface area contributed by atoms with Crippen LogP contribution in [-0.2, 0) is 24.8 Å². The van der Waals surface area contributed by atoms with E-state index in [0.717, 1.165) is 18.1 Å². The predicted molar refractivity (Wildman–Crippen MR) is 92.5 cm³/mol. The van der Waals surface area contributed by atoms with Crippen molar-refractivity contribution in [1.82, 2.24) is 29.2 Å². The van der Waals surface area contributed by atoms with Gasteiger partial charge in [-0.3, -0.25) is 9.36 Å². The van der Waals surface area contributed by atoms with Crippen molar-refractivity contribution >= 4 is 5.91 Å². The van der Waals surface area contributed by atoms with Gasteiger partial charge in [-0.2, -0.15) is 0 Å². The molecule has 3 aromatic rings. The number of nitrogens with zero attached hydrogens (tertiary/aromatic N) is 6. The number of hydrogen-bond acceptors (Lipinski definition) is 4. The molecule has 0 aliphatic carbocycles. The number of carbonyl (C=O) groups excluding carboxylic acids is 1. The van der Waals surface area contributed by atoms with Gasteiger partial charge in [0, 0.05) is 26.0 Å². The number of amides is 1. The standard InChI is InChI=1S/C18H20N6O/c1-13-18(25)23(10-8-14-6-4-3-5-7-14)12-15-20-21-17(24(13)15)16-19-9-11-22(16)2/h3-7,9,11,13H,8,10,12H2,1-2H3/t13-/m0/s1. The highest BCUT2D eigenvalue weighted by Gasteiger charge is 2.34. The van der Waals surface area contributed by atoms with Gasteiger partial charge in [-0.15, -0.1) is 10.2 Å². The van der Waals surface area contributed by atoms with Gasteiger partial charge in [0.25, 0.3) is 0 Å². The molecule has 0 unspecified atom stereocenters. The zero-order valence-corrected chi connectivity index (χ0v) is 14.3.